The Morgan fingerprint density at radius 1 is 1.29 bits per heavy atom. The number of thiocarbonyl (C=S) groups is 1. The Kier molecular flexibility index (Phi) is 7.66. The van der Waals surface area contributed by atoms with Crippen LogP contribution in [-0.4, -0.2) is 63.0 Å². The molecule has 0 bridgehead atoms. The number of ether oxygens (including phenoxy) is 2. The van der Waals surface area contributed by atoms with E-state index in [0.717, 1.165) is 36.3 Å². The van der Waals surface area contributed by atoms with Crippen molar-refractivity contribution in [2.24, 2.45) is 5.10 Å². The van der Waals surface area contributed by atoms with E-state index < -0.39 is 16.9 Å². The largest absolute Gasteiger partial charge is 0.493 e. The summed E-state index contributed by atoms with van der Waals surface area (Å²) in [5, 5.41) is 20.5. The van der Waals surface area contributed by atoms with Crippen LogP contribution in [0.5, 0.6) is 11.5 Å². The van der Waals surface area contributed by atoms with E-state index in [2.05, 4.69) is 10.4 Å². The Morgan fingerprint density at radius 2 is 1.97 bits per heavy atom. The molecule has 170 valence electrons. The van der Waals surface area contributed by atoms with Gasteiger partial charge in [0.05, 0.1) is 25.2 Å². The zero-order valence-corrected chi connectivity index (χ0v) is 20.0. The molecule has 0 spiro atoms. The van der Waals surface area contributed by atoms with E-state index in [1.807, 2.05) is 19.9 Å². The number of amides is 2. The summed E-state index contributed by atoms with van der Waals surface area (Å²) in [5.74, 6) is 1.20. The third-order valence-corrected chi connectivity index (χ3v) is 7.04. The number of carbonyl (C=O) groups excluding carboxylic acids is 1. The van der Waals surface area contributed by atoms with Crippen LogP contribution in [0, 0.1) is 0 Å². The number of thioether (sulfide) groups is 1. The van der Waals surface area contributed by atoms with Crippen molar-refractivity contribution in [1.82, 2.24) is 15.4 Å². The molecule has 2 fully saturated rings. The highest BCUT2D eigenvalue weighted by atomic mass is 32.2. The number of hydrogen-bond acceptors (Lipinski definition) is 7. The van der Waals surface area contributed by atoms with Crippen molar-refractivity contribution in [1.29, 1.82) is 0 Å². The van der Waals surface area contributed by atoms with Gasteiger partial charge in [0.1, 0.15) is 0 Å². The van der Waals surface area contributed by atoms with Gasteiger partial charge in [-0.2, -0.15) is 10.2 Å². The van der Waals surface area contributed by atoms with Crippen molar-refractivity contribution in [2.45, 2.75) is 62.9 Å². The summed E-state index contributed by atoms with van der Waals surface area (Å²) in [5.41, 5.74) is 0.769. The van der Waals surface area contributed by atoms with E-state index in [0.29, 0.717) is 15.8 Å². The topological polar surface area (TPSA) is 86.6 Å². The molecule has 2 N–H and O–H groups in total. The van der Waals surface area contributed by atoms with Gasteiger partial charge >= 0.3 is 6.03 Å². The van der Waals surface area contributed by atoms with Crippen LogP contribution >= 0.6 is 24.0 Å². The van der Waals surface area contributed by atoms with E-state index in [4.69, 9.17) is 21.7 Å². The monoisotopic (exact) mass is 466 g/mol. The Hall–Kier alpha value is -2.04. The summed E-state index contributed by atoms with van der Waals surface area (Å²) in [6, 6.07) is 4.98. The lowest BCUT2D eigenvalue weighted by Crippen LogP contribution is -2.57. The van der Waals surface area contributed by atoms with Crippen LogP contribution in [-0.2, 0) is 0 Å². The minimum absolute atomic E-state index is 0.0868. The number of hydrazone groups is 1. The Morgan fingerprint density at radius 3 is 2.61 bits per heavy atom. The molecule has 2 aliphatic rings. The number of carbonyl (C=O) groups is 1. The zero-order chi connectivity index (χ0) is 22.6. The number of hydroxylamine groups is 2. The van der Waals surface area contributed by atoms with Gasteiger partial charge in [-0.25, -0.2) is 9.80 Å². The molecule has 1 aliphatic heterocycles. The second-order valence-corrected chi connectivity index (χ2v) is 10.5. The molecule has 1 aromatic carbocycles. The van der Waals surface area contributed by atoms with Crippen LogP contribution in [0.25, 0.3) is 0 Å². The summed E-state index contributed by atoms with van der Waals surface area (Å²) in [4.78, 5) is 12.8. The smallest absolute Gasteiger partial charge is 0.343 e. The molecule has 1 aliphatic carbocycles. The van der Waals surface area contributed by atoms with Crippen molar-refractivity contribution >= 4 is 40.5 Å². The van der Waals surface area contributed by atoms with Gasteiger partial charge in [-0.1, -0.05) is 43.2 Å². The van der Waals surface area contributed by atoms with Gasteiger partial charge in [0.15, 0.2) is 22.0 Å². The van der Waals surface area contributed by atoms with Crippen LogP contribution < -0.4 is 14.8 Å². The predicted molar refractivity (Wildman–Crippen MR) is 126 cm³/mol. The Balaban J connectivity index is 1.78. The fraction of sp³-hybridized carbons (Fsp3) is 0.571. The third-order valence-electron chi connectivity index (χ3n) is 5.50. The van der Waals surface area contributed by atoms with Crippen molar-refractivity contribution in [3.05, 3.63) is 23.8 Å². The highest BCUT2D eigenvalue weighted by molar-refractivity contribution is 8.24. The normalized spacial score (nSPS) is 21.4. The summed E-state index contributed by atoms with van der Waals surface area (Å²) >= 11 is 6.90. The molecule has 1 saturated carbocycles. The van der Waals surface area contributed by atoms with Crippen LogP contribution in [0.3, 0.4) is 0 Å². The summed E-state index contributed by atoms with van der Waals surface area (Å²) in [6.07, 6.45) is 6.11. The van der Waals surface area contributed by atoms with E-state index in [9.17, 15) is 10.0 Å². The van der Waals surface area contributed by atoms with E-state index in [-0.39, 0.29) is 6.04 Å². The number of benzene rings is 1. The first-order valence-electron chi connectivity index (χ1n) is 10.3. The summed E-state index contributed by atoms with van der Waals surface area (Å²) < 4.78 is 10.5. The van der Waals surface area contributed by atoms with Crippen molar-refractivity contribution in [3.8, 4) is 11.5 Å². The van der Waals surface area contributed by atoms with E-state index >= 15 is 0 Å². The molecule has 0 unspecified atom stereocenters. The van der Waals surface area contributed by atoms with Gasteiger partial charge in [0, 0.05) is 6.04 Å². The van der Waals surface area contributed by atoms with Gasteiger partial charge in [0.25, 0.3) is 0 Å². The SMILES string of the molecule is COc1ccc(/C=N\N2C(=S)SC(C)(C)[C@@H]2N(O)C(=O)NC2CCCCC2)cc1OC. The molecule has 2 amide bonds. The predicted octanol–water partition coefficient (Wildman–Crippen LogP) is 4.21. The summed E-state index contributed by atoms with van der Waals surface area (Å²) in [7, 11) is 3.14. The number of rotatable bonds is 6. The van der Waals surface area contributed by atoms with Gasteiger partial charge in [-0.15, -0.1) is 0 Å². The quantitative estimate of drug-likeness (QED) is 0.281. The molecule has 0 radical (unpaired) electrons. The van der Waals surface area contributed by atoms with Crippen molar-refractivity contribution < 1.29 is 19.5 Å². The van der Waals surface area contributed by atoms with Crippen molar-refractivity contribution in [3.63, 3.8) is 0 Å². The second-order valence-electron chi connectivity index (χ2n) is 8.18. The lowest BCUT2D eigenvalue weighted by atomic mass is 9.96. The number of methoxy groups -OCH3 is 2. The van der Waals surface area contributed by atoms with Crippen LogP contribution in [0.1, 0.15) is 51.5 Å². The van der Waals surface area contributed by atoms with Gasteiger partial charge < -0.3 is 14.8 Å². The molecule has 1 aromatic rings. The highest BCUT2D eigenvalue weighted by Crippen LogP contribution is 2.42. The average Bonchev–Trinajstić information content (AvgIpc) is 2.99. The van der Waals surface area contributed by atoms with Gasteiger partial charge in [-0.05, 0) is 50.5 Å². The molecular formula is C21H30N4O4S2. The van der Waals surface area contributed by atoms with Crippen molar-refractivity contribution in [2.75, 3.05) is 14.2 Å². The van der Waals surface area contributed by atoms with Gasteiger partial charge in [0.2, 0.25) is 0 Å². The standard InChI is InChI=1S/C21H30N4O4S2/c1-21(2)18(25(27)19(26)23-15-8-6-5-7-9-15)24(20(30)31-21)22-13-14-10-11-16(28-3)17(12-14)29-4/h10-13,15,18,27H,5-9H2,1-4H3,(H,23,26)/b22-13-/t18-/m0/s1. The summed E-state index contributed by atoms with van der Waals surface area (Å²) in [6.45, 7) is 3.86. The first kappa shape index (κ1) is 23.6. The Labute approximate surface area is 192 Å². The van der Waals surface area contributed by atoms with Crippen LogP contribution in [0.4, 0.5) is 4.79 Å². The average molecular weight is 467 g/mol. The van der Waals surface area contributed by atoms with Crippen LogP contribution in [0.15, 0.2) is 23.3 Å². The Bertz CT molecular complexity index is 843. The molecule has 3 rings (SSSR count). The lowest BCUT2D eigenvalue weighted by Gasteiger charge is -2.35. The molecule has 0 aromatic heterocycles. The number of nitrogens with zero attached hydrogens (tertiary/aromatic N) is 3. The van der Waals surface area contributed by atoms with Crippen LogP contribution in [0.2, 0.25) is 0 Å². The minimum atomic E-state index is -0.745. The molecule has 10 heteroatoms. The first-order chi connectivity index (χ1) is 14.8. The third kappa shape index (κ3) is 5.42. The first-order valence-corrected chi connectivity index (χ1v) is 11.6. The number of hydrogen-bond donors (Lipinski definition) is 2. The zero-order valence-electron chi connectivity index (χ0n) is 18.3. The fourth-order valence-corrected chi connectivity index (χ4v) is 5.67. The van der Waals surface area contributed by atoms with E-state index in [1.54, 1.807) is 32.6 Å². The molecule has 31 heavy (non-hydrogen) atoms. The maximum atomic E-state index is 12.8. The molecular weight excluding hydrogens is 436 g/mol. The fourth-order valence-electron chi connectivity index (χ4n) is 3.89. The van der Waals surface area contributed by atoms with E-state index in [1.165, 1.54) is 23.2 Å². The van der Waals surface area contributed by atoms with Gasteiger partial charge in [-0.3, -0.25) is 5.21 Å². The number of urea groups is 1. The maximum absolute atomic E-state index is 12.8. The number of nitrogens with one attached hydrogen (secondary N) is 1. The molecule has 1 saturated heterocycles. The molecule has 1 heterocycles. The second kappa shape index (κ2) is 10.1. The lowest BCUT2D eigenvalue weighted by molar-refractivity contribution is -0.119. The maximum Gasteiger partial charge on any atom is 0.343 e. The molecule has 1 atom stereocenters. The molecule has 8 nitrogen and oxygen atoms in total. The minimum Gasteiger partial charge on any atom is -0.493 e. The highest BCUT2D eigenvalue weighted by Gasteiger charge is 2.50.